The highest BCUT2D eigenvalue weighted by Crippen LogP contribution is 2.33. The molecule has 0 bridgehead atoms. The van der Waals surface area contributed by atoms with Crippen molar-refractivity contribution in [2.24, 2.45) is 0 Å². The highest BCUT2D eigenvalue weighted by Gasteiger charge is 2.26. The SMILES string of the molecule is CCc1cccc2sc(N(CCCN3CCOCC3)C(=O)c3cc([N+](=O)[O-])cc([N+](=O)[O-])c3)nc12. The first-order valence-corrected chi connectivity index (χ1v) is 12.1. The first kappa shape index (κ1) is 24.6. The van der Waals surface area contributed by atoms with E-state index in [4.69, 9.17) is 9.72 Å². The number of rotatable bonds is 9. The van der Waals surface area contributed by atoms with Crippen molar-refractivity contribution in [3.05, 3.63) is 67.8 Å². The third-order valence-electron chi connectivity index (χ3n) is 5.88. The first-order valence-electron chi connectivity index (χ1n) is 11.3. The Morgan fingerprint density at radius 3 is 2.46 bits per heavy atom. The number of amides is 1. The van der Waals surface area contributed by atoms with Gasteiger partial charge in [0.15, 0.2) is 5.13 Å². The van der Waals surface area contributed by atoms with E-state index in [1.165, 1.54) is 16.2 Å². The van der Waals surface area contributed by atoms with Crippen LogP contribution in [0.25, 0.3) is 10.2 Å². The quantitative estimate of drug-likeness (QED) is 0.318. The summed E-state index contributed by atoms with van der Waals surface area (Å²) in [5.74, 6) is -0.559. The Labute approximate surface area is 205 Å². The lowest BCUT2D eigenvalue weighted by molar-refractivity contribution is -0.394. The van der Waals surface area contributed by atoms with Crippen molar-refractivity contribution in [1.29, 1.82) is 0 Å². The van der Waals surface area contributed by atoms with Crippen LogP contribution in [0, 0.1) is 20.2 Å². The van der Waals surface area contributed by atoms with Crippen LogP contribution in [0.5, 0.6) is 0 Å². The summed E-state index contributed by atoms with van der Waals surface area (Å²) in [5, 5.41) is 23.2. The van der Waals surface area contributed by atoms with E-state index in [0.29, 0.717) is 31.3 Å². The summed E-state index contributed by atoms with van der Waals surface area (Å²) in [6.45, 7) is 6.04. The Bertz CT molecular complexity index is 1220. The summed E-state index contributed by atoms with van der Waals surface area (Å²) in [7, 11) is 0. The average molecular weight is 500 g/mol. The molecule has 1 aromatic heterocycles. The molecule has 0 unspecified atom stereocenters. The van der Waals surface area contributed by atoms with Crippen molar-refractivity contribution in [1.82, 2.24) is 9.88 Å². The molecule has 1 aliphatic heterocycles. The molecule has 0 radical (unpaired) electrons. The number of carbonyl (C=O) groups is 1. The molecular formula is C23H25N5O6S. The topological polar surface area (TPSA) is 132 Å². The Kier molecular flexibility index (Phi) is 7.63. The lowest BCUT2D eigenvalue weighted by atomic mass is 10.1. The normalized spacial score (nSPS) is 14.2. The van der Waals surface area contributed by atoms with Gasteiger partial charge in [-0.2, -0.15) is 0 Å². The molecule has 35 heavy (non-hydrogen) atoms. The second kappa shape index (κ2) is 10.8. The highest BCUT2D eigenvalue weighted by molar-refractivity contribution is 7.22. The van der Waals surface area contributed by atoms with Gasteiger partial charge >= 0.3 is 0 Å². The van der Waals surface area contributed by atoms with Crippen molar-refractivity contribution in [2.45, 2.75) is 19.8 Å². The molecule has 1 aliphatic rings. The van der Waals surface area contributed by atoms with E-state index < -0.39 is 27.1 Å². The minimum absolute atomic E-state index is 0.118. The molecule has 0 atom stereocenters. The number of ether oxygens (including phenoxy) is 1. The highest BCUT2D eigenvalue weighted by atomic mass is 32.1. The predicted octanol–water partition coefficient (Wildman–Crippen LogP) is 4.04. The van der Waals surface area contributed by atoms with Gasteiger partial charge in [-0.05, 0) is 24.5 Å². The summed E-state index contributed by atoms with van der Waals surface area (Å²) in [6, 6.07) is 8.87. The standard InChI is InChI=1S/C23H25N5O6S/c1-2-16-5-3-6-20-21(16)24-23(35-20)26(8-4-7-25-9-11-34-12-10-25)22(29)17-13-18(27(30)31)15-19(14-17)28(32)33/h3,5-6,13-15H,2,4,7-12H2,1H3. The molecule has 0 aliphatic carbocycles. The van der Waals surface area contributed by atoms with Gasteiger partial charge in [-0.25, -0.2) is 4.98 Å². The average Bonchev–Trinajstić information content (AvgIpc) is 3.30. The second-order valence-corrected chi connectivity index (χ2v) is 9.14. The van der Waals surface area contributed by atoms with Gasteiger partial charge in [0.05, 0.1) is 44.9 Å². The van der Waals surface area contributed by atoms with Crippen LogP contribution in [0.4, 0.5) is 16.5 Å². The van der Waals surface area contributed by atoms with E-state index in [0.717, 1.165) is 60.0 Å². The minimum atomic E-state index is -0.738. The Morgan fingerprint density at radius 1 is 1.14 bits per heavy atom. The molecule has 184 valence electrons. The first-order chi connectivity index (χ1) is 16.9. The molecule has 2 aromatic carbocycles. The molecule has 1 fully saturated rings. The molecular weight excluding hydrogens is 474 g/mol. The number of nitro benzene ring substituents is 2. The fraction of sp³-hybridized carbons (Fsp3) is 0.391. The number of aryl methyl sites for hydroxylation is 1. The second-order valence-electron chi connectivity index (χ2n) is 8.13. The molecule has 2 heterocycles. The number of hydrogen-bond acceptors (Lipinski definition) is 9. The van der Waals surface area contributed by atoms with E-state index in [9.17, 15) is 25.0 Å². The van der Waals surface area contributed by atoms with Crippen LogP contribution >= 0.6 is 11.3 Å². The largest absolute Gasteiger partial charge is 0.379 e. The summed E-state index contributed by atoms with van der Waals surface area (Å²) in [5.41, 5.74) is 0.733. The number of para-hydroxylation sites is 1. The van der Waals surface area contributed by atoms with Gasteiger partial charge in [0.25, 0.3) is 17.3 Å². The number of anilines is 1. The number of hydrogen-bond donors (Lipinski definition) is 0. The van der Waals surface area contributed by atoms with Gasteiger partial charge in [-0.1, -0.05) is 30.4 Å². The van der Waals surface area contributed by atoms with E-state index in [1.54, 1.807) is 0 Å². The fourth-order valence-electron chi connectivity index (χ4n) is 4.04. The number of morpholine rings is 1. The monoisotopic (exact) mass is 499 g/mol. The van der Waals surface area contributed by atoms with Crippen LogP contribution in [0.15, 0.2) is 36.4 Å². The van der Waals surface area contributed by atoms with Crippen LogP contribution in [0.1, 0.15) is 29.3 Å². The van der Waals surface area contributed by atoms with Crippen LogP contribution in [-0.4, -0.2) is 65.0 Å². The van der Waals surface area contributed by atoms with Gasteiger partial charge < -0.3 is 4.74 Å². The zero-order chi connectivity index (χ0) is 24.9. The Hall–Kier alpha value is -3.48. The number of nitro groups is 2. The van der Waals surface area contributed by atoms with Gasteiger partial charge in [0, 0.05) is 38.3 Å². The third kappa shape index (κ3) is 5.61. The molecule has 3 aromatic rings. The van der Waals surface area contributed by atoms with Crippen molar-refractivity contribution >= 4 is 44.0 Å². The maximum absolute atomic E-state index is 13.6. The van der Waals surface area contributed by atoms with E-state index >= 15 is 0 Å². The number of fused-ring (bicyclic) bond motifs is 1. The molecule has 1 saturated heterocycles. The molecule has 0 saturated carbocycles. The van der Waals surface area contributed by atoms with Gasteiger partial charge in [-0.15, -0.1) is 0 Å². The van der Waals surface area contributed by atoms with Gasteiger partial charge in [0.2, 0.25) is 0 Å². The molecule has 0 spiro atoms. The number of nitrogens with zero attached hydrogens (tertiary/aromatic N) is 5. The van der Waals surface area contributed by atoms with E-state index in [-0.39, 0.29) is 5.56 Å². The summed E-state index contributed by atoms with van der Waals surface area (Å²) >= 11 is 1.36. The van der Waals surface area contributed by atoms with Crippen LogP contribution in [-0.2, 0) is 11.2 Å². The lowest BCUT2D eigenvalue weighted by Crippen LogP contribution is -2.39. The van der Waals surface area contributed by atoms with Gasteiger partial charge in [0.1, 0.15) is 0 Å². The van der Waals surface area contributed by atoms with Crippen molar-refractivity contribution in [3.63, 3.8) is 0 Å². The Balaban J connectivity index is 1.69. The summed E-state index contributed by atoms with van der Waals surface area (Å²) < 4.78 is 6.31. The van der Waals surface area contributed by atoms with Crippen molar-refractivity contribution in [2.75, 3.05) is 44.3 Å². The van der Waals surface area contributed by atoms with E-state index in [2.05, 4.69) is 4.90 Å². The Morgan fingerprint density at radius 2 is 1.83 bits per heavy atom. The maximum atomic E-state index is 13.6. The molecule has 12 heteroatoms. The van der Waals surface area contributed by atoms with Crippen molar-refractivity contribution < 1.29 is 19.4 Å². The number of aromatic nitrogens is 1. The summed E-state index contributed by atoms with van der Waals surface area (Å²) in [6.07, 6.45) is 1.42. The zero-order valence-corrected chi connectivity index (χ0v) is 20.0. The minimum Gasteiger partial charge on any atom is -0.379 e. The zero-order valence-electron chi connectivity index (χ0n) is 19.2. The maximum Gasteiger partial charge on any atom is 0.277 e. The van der Waals surface area contributed by atoms with Crippen LogP contribution in [0.3, 0.4) is 0 Å². The molecule has 4 rings (SSSR count). The number of benzene rings is 2. The lowest BCUT2D eigenvalue weighted by Gasteiger charge is -2.27. The molecule has 11 nitrogen and oxygen atoms in total. The predicted molar refractivity (Wildman–Crippen MR) is 132 cm³/mol. The fourth-order valence-corrected chi connectivity index (χ4v) is 5.08. The van der Waals surface area contributed by atoms with Gasteiger partial charge in [-0.3, -0.25) is 34.8 Å². The molecule has 0 N–H and O–H groups in total. The number of non-ortho nitro benzene ring substituents is 2. The smallest absolute Gasteiger partial charge is 0.277 e. The number of carbonyl (C=O) groups excluding carboxylic acids is 1. The molecule has 1 amide bonds. The van der Waals surface area contributed by atoms with Crippen LogP contribution < -0.4 is 4.90 Å². The third-order valence-corrected chi connectivity index (χ3v) is 6.92. The number of thiazole rings is 1. The van der Waals surface area contributed by atoms with Crippen molar-refractivity contribution in [3.8, 4) is 0 Å². The summed E-state index contributed by atoms with van der Waals surface area (Å²) in [4.78, 5) is 43.3. The van der Waals surface area contributed by atoms with Crippen LogP contribution in [0.2, 0.25) is 0 Å². The van der Waals surface area contributed by atoms with E-state index in [1.807, 2.05) is 25.1 Å².